The molecule has 266 valence electrons. The fourth-order valence-electron chi connectivity index (χ4n) is 7.85. The number of piperidine rings is 2. The minimum absolute atomic E-state index is 0.0144. The van der Waals surface area contributed by atoms with Crippen LogP contribution in [0, 0.1) is 6.92 Å². The first-order valence-corrected chi connectivity index (χ1v) is 18.0. The van der Waals surface area contributed by atoms with E-state index in [2.05, 4.69) is 54.9 Å². The Bertz CT molecular complexity index is 2010. The number of rotatable bonds is 10. The Morgan fingerprint density at radius 1 is 0.980 bits per heavy atom. The summed E-state index contributed by atoms with van der Waals surface area (Å²) in [5.41, 5.74) is 4.20. The van der Waals surface area contributed by atoms with Crippen molar-refractivity contribution in [2.75, 3.05) is 35.7 Å². The Hall–Kier alpha value is -5.17. The molecule has 2 amide bonds. The van der Waals surface area contributed by atoms with E-state index in [9.17, 15) is 19.2 Å². The van der Waals surface area contributed by atoms with Crippen LogP contribution in [0.5, 0.6) is 0 Å². The van der Waals surface area contributed by atoms with E-state index < -0.39 is 6.04 Å². The molecule has 5 heterocycles. The molecule has 1 unspecified atom stereocenters. The standard InChI is InChI=1S/C38H45N9O4/c1-23-29-21-40-38(44-35(29)47(27-9-5-6-10-27)37(51)34(23)24(2)48)42-32-14-12-28(20-39-32)46-18-16-26(17-19-46)45(3)22-25-8-4-7-11-30(25)41-31-13-15-33(49)43-36(31)50/h4,7-8,11-12,14,20-21,26-27,31,41H,5-6,9-10,13,15-19,22H2,1-3H3,(H,43,49,50)(H,39,40,42,44). The lowest BCUT2D eigenvalue weighted by molar-refractivity contribution is -0.133. The van der Waals surface area contributed by atoms with Gasteiger partial charge in [-0.25, -0.2) is 9.97 Å². The number of imide groups is 1. The van der Waals surface area contributed by atoms with Crippen LogP contribution < -0.4 is 26.4 Å². The Morgan fingerprint density at radius 3 is 2.45 bits per heavy atom. The topological polar surface area (TPSA) is 154 Å². The fourth-order valence-corrected chi connectivity index (χ4v) is 7.85. The number of nitrogens with zero attached hydrogens (tertiary/aromatic N) is 6. The lowest BCUT2D eigenvalue weighted by atomic mass is 10.0. The number of amides is 2. The molecule has 1 aromatic carbocycles. The Kier molecular flexibility index (Phi) is 9.81. The zero-order valence-electron chi connectivity index (χ0n) is 29.4. The van der Waals surface area contributed by atoms with Crippen molar-refractivity contribution in [3.63, 3.8) is 0 Å². The molecule has 0 spiro atoms. The summed E-state index contributed by atoms with van der Waals surface area (Å²) in [5.74, 6) is 0.223. The molecule has 1 aliphatic carbocycles. The zero-order valence-corrected chi connectivity index (χ0v) is 29.4. The highest BCUT2D eigenvalue weighted by Crippen LogP contribution is 2.32. The lowest BCUT2D eigenvalue weighted by Crippen LogP contribution is -2.47. The highest BCUT2D eigenvalue weighted by molar-refractivity contribution is 6.01. The largest absolute Gasteiger partial charge is 0.373 e. The van der Waals surface area contributed by atoms with Crippen molar-refractivity contribution < 1.29 is 14.4 Å². The highest BCUT2D eigenvalue weighted by Gasteiger charge is 2.29. The van der Waals surface area contributed by atoms with Crippen molar-refractivity contribution in [1.29, 1.82) is 0 Å². The first-order chi connectivity index (χ1) is 24.7. The third-order valence-corrected chi connectivity index (χ3v) is 10.7. The number of anilines is 4. The van der Waals surface area contributed by atoms with Crippen LogP contribution in [0.2, 0.25) is 0 Å². The number of carbonyl (C=O) groups is 3. The molecule has 1 atom stereocenters. The molecular formula is C38H45N9O4. The van der Waals surface area contributed by atoms with E-state index in [4.69, 9.17) is 4.98 Å². The van der Waals surface area contributed by atoms with Gasteiger partial charge in [0.1, 0.15) is 17.5 Å². The Morgan fingerprint density at radius 2 is 1.75 bits per heavy atom. The van der Waals surface area contributed by atoms with E-state index in [-0.39, 0.29) is 34.8 Å². The summed E-state index contributed by atoms with van der Waals surface area (Å²) in [6, 6.07) is 12.0. The van der Waals surface area contributed by atoms with Gasteiger partial charge in [-0.1, -0.05) is 31.0 Å². The number of para-hydroxylation sites is 1. The second-order valence-electron chi connectivity index (χ2n) is 14.1. The third kappa shape index (κ3) is 7.21. The molecule has 3 aliphatic rings. The smallest absolute Gasteiger partial charge is 0.263 e. The van der Waals surface area contributed by atoms with E-state index in [0.29, 0.717) is 47.2 Å². The van der Waals surface area contributed by atoms with Gasteiger partial charge >= 0.3 is 0 Å². The monoisotopic (exact) mass is 691 g/mol. The molecule has 4 aromatic rings. The molecule has 3 N–H and O–H groups in total. The van der Waals surface area contributed by atoms with Crippen molar-refractivity contribution in [3.05, 3.63) is 75.8 Å². The molecule has 13 heteroatoms. The fraction of sp³-hybridized carbons (Fsp3) is 0.447. The molecule has 0 radical (unpaired) electrons. The molecule has 51 heavy (non-hydrogen) atoms. The number of hydrogen-bond donors (Lipinski definition) is 3. The maximum Gasteiger partial charge on any atom is 0.263 e. The minimum Gasteiger partial charge on any atom is -0.373 e. The van der Waals surface area contributed by atoms with Gasteiger partial charge in [-0.2, -0.15) is 4.98 Å². The predicted octanol–water partition coefficient (Wildman–Crippen LogP) is 4.87. The summed E-state index contributed by atoms with van der Waals surface area (Å²) in [7, 11) is 2.15. The molecule has 3 aromatic heterocycles. The number of nitrogens with one attached hydrogen (secondary N) is 3. The summed E-state index contributed by atoms with van der Waals surface area (Å²) >= 11 is 0. The number of aromatic nitrogens is 4. The summed E-state index contributed by atoms with van der Waals surface area (Å²) in [5, 5.41) is 9.72. The molecule has 7 rings (SSSR count). The average molecular weight is 692 g/mol. The molecule has 1 saturated carbocycles. The van der Waals surface area contributed by atoms with Crippen LogP contribution in [0.25, 0.3) is 11.0 Å². The van der Waals surface area contributed by atoms with Crippen LogP contribution in [0.1, 0.15) is 85.8 Å². The van der Waals surface area contributed by atoms with Crippen LogP contribution >= 0.6 is 0 Å². The molecule has 2 aliphatic heterocycles. The maximum absolute atomic E-state index is 13.5. The quantitative estimate of drug-likeness (QED) is 0.154. The van der Waals surface area contributed by atoms with Crippen LogP contribution in [0.15, 0.2) is 53.6 Å². The minimum atomic E-state index is -0.417. The molecular weight excluding hydrogens is 646 g/mol. The Balaban J connectivity index is 0.983. The number of fused-ring (bicyclic) bond motifs is 1. The summed E-state index contributed by atoms with van der Waals surface area (Å²) in [6.45, 7) is 5.77. The van der Waals surface area contributed by atoms with Crippen LogP contribution in [0.3, 0.4) is 0 Å². The number of hydrogen-bond acceptors (Lipinski definition) is 11. The van der Waals surface area contributed by atoms with Gasteiger partial charge in [0.05, 0.1) is 17.4 Å². The summed E-state index contributed by atoms with van der Waals surface area (Å²) in [6.07, 6.45) is 10.2. The number of aryl methyl sites for hydroxylation is 1. The normalized spacial score (nSPS) is 18.7. The first kappa shape index (κ1) is 34.3. The van der Waals surface area contributed by atoms with Crippen molar-refractivity contribution in [2.24, 2.45) is 0 Å². The summed E-state index contributed by atoms with van der Waals surface area (Å²) < 4.78 is 1.72. The van der Waals surface area contributed by atoms with E-state index in [1.807, 2.05) is 30.5 Å². The van der Waals surface area contributed by atoms with Gasteiger partial charge in [0.25, 0.3) is 5.56 Å². The van der Waals surface area contributed by atoms with Gasteiger partial charge in [-0.3, -0.25) is 34.0 Å². The van der Waals surface area contributed by atoms with Gasteiger partial charge in [0.15, 0.2) is 5.78 Å². The van der Waals surface area contributed by atoms with Gasteiger partial charge in [0, 0.05) is 55.4 Å². The van der Waals surface area contributed by atoms with Crippen molar-refractivity contribution >= 4 is 51.8 Å². The molecule has 0 bridgehead atoms. The SMILES string of the molecule is CC(=O)c1c(C)c2cnc(Nc3ccc(N4CCC(N(C)Cc5ccccc5NC5CCC(=O)NC5=O)CC4)cn3)nc2n(C2CCCC2)c1=O. The zero-order chi connectivity index (χ0) is 35.6. The molecule has 3 fully saturated rings. The number of carbonyl (C=O) groups excluding carboxylic acids is 3. The van der Waals surface area contributed by atoms with E-state index in [1.54, 1.807) is 17.7 Å². The van der Waals surface area contributed by atoms with E-state index >= 15 is 0 Å². The average Bonchev–Trinajstić information content (AvgIpc) is 3.65. The van der Waals surface area contributed by atoms with Crippen LogP contribution in [0.4, 0.5) is 23.1 Å². The number of Topliss-reactive ketones (excluding diaryl/α,β-unsaturated/α-hetero) is 1. The van der Waals surface area contributed by atoms with Gasteiger partial charge in [-0.05, 0) is 82.3 Å². The maximum atomic E-state index is 13.5. The van der Waals surface area contributed by atoms with Crippen molar-refractivity contribution in [3.8, 4) is 0 Å². The summed E-state index contributed by atoms with van der Waals surface area (Å²) in [4.78, 5) is 68.6. The number of pyridine rings is 2. The third-order valence-electron chi connectivity index (χ3n) is 10.7. The predicted molar refractivity (Wildman–Crippen MR) is 197 cm³/mol. The number of ketones is 1. The highest BCUT2D eigenvalue weighted by atomic mass is 16.2. The van der Waals surface area contributed by atoms with E-state index in [1.165, 1.54) is 6.92 Å². The van der Waals surface area contributed by atoms with Gasteiger partial charge in [-0.15, -0.1) is 0 Å². The van der Waals surface area contributed by atoms with Crippen LogP contribution in [-0.4, -0.2) is 74.2 Å². The van der Waals surface area contributed by atoms with Crippen LogP contribution in [-0.2, 0) is 16.1 Å². The number of benzene rings is 1. The lowest BCUT2D eigenvalue weighted by Gasteiger charge is -2.38. The van der Waals surface area contributed by atoms with Gasteiger partial charge < -0.3 is 15.5 Å². The van der Waals surface area contributed by atoms with E-state index in [0.717, 1.165) is 75.1 Å². The first-order valence-electron chi connectivity index (χ1n) is 18.0. The second-order valence-corrected chi connectivity index (χ2v) is 14.1. The van der Waals surface area contributed by atoms with Gasteiger partial charge in [0.2, 0.25) is 17.8 Å². The van der Waals surface area contributed by atoms with Crippen molar-refractivity contribution in [1.82, 2.24) is 29.7 Å². The second kappa shape index (κ2) is 14.6. The Labute approximate surface area is 296 Å². The molecule has 2 saturated heterocycles. The van der Waals surface area contributed by atoms with Crippen molar-refractivity contribution in [2.45, 2.75) is 89.9 Å². The molecule has 13 nitrogen and oxygen atoms in total.